The summed E-state index contributed by atoms with van der Waals surface area (Å²) in [6.07, 6.45) is 0.413. The molecule has 1 aromatic heterocycles. The second-order valence-electron chi connectivity index (χ2n) is 9.16. The van der Waals surface area contributed by atoms with Gasteiger partial charge in [0, 0.05) is 62.3 Å². The average Bonchev–Trinajstić information content (AvgIpc) is 3.50. The van der Waals surface area contributed by atoms with Crippen LogP contribution in [0.5, 0.6) is 0 Å². The maximum absolute atomic E-state index is 15.1. The fraction of sp³-hybridized carbons (Fsp3) is 0.320. The van der Waals surface area contributed by atoms with Crippen molar-refractivity contribution in [1.82, 2.24) is 15.2 Å². The number of hydrogen-bond acceptors (Lipinski definition) is 7. The maximum Gasteiger partial charge on any atom is 0.414 e. The van der Waals surface area contributed by atoms with E-state index in [9.17, 15) is 24.5 Å². The van der Waals surface area contributed by atoms with Gasteiger partial charge in [0.25, 0.3) is 11.6 Å². The van der Waals surface area contributed by atoms with Gasteiger partial charge in [0.2, 0.25) is 5.91 Å². The van der Waals surface area contributed by atoms with E-state index < -0.39 is 22.9 Å². The summed E-state index contributed by atoms with van der Waals surface area (Å²) in [5.41, 5.74) is 1.58. The zero-order chi connectivity index (χ0) is 27.0. The third-order valence-electron chi connectivity index (χ3n) is 6.71. The number of aromatic amines is 1. The van der Waals surface area contributed by atoms with Crippen LogP contribution in [0, 0.1) is 15.9 Å². The molecule has 13 heteroatoms. The first-order valence-corrected chi connectivity index (χ1v) is 12.0. The number of carbonyl (C=O) groups is 3. The van der Waals surface area contributed by atoms with E-state index in [0.717, 1.165) is 0 Å². The summed E-state index contributed by atoms with van der Waals surface area (Å²) in [6, 6.07) is 8.83. The molecule has 198 valence electrons. The molecule has 1 atom stereocenters. The predicted octanol–water partition coefficient (Wildman–Crippen LogP) is 2.64. The molecule has 2 saturated heterocycles. The molecule has 0 radical (unpaired) electrons. The van der Waals surface area contributed by atoms with Crippen LogP contribution in [0.15, 0.2) is 42.6 Å². The van der Waals surface area contributed by atoms with Crippen LogP contribution in [0.1, 0.15) is 17.3 Å². The van der Waals surface area contributed by atoms with Crippen molar-refractivity contribution in [1.29, 1.82) is 0 Å². The highest BCUT2D eigenvalue weighted by Crippen LogP contribution is 2.29. The van der Waals surface area contributed by atoms with Crippen molar-refractivity contribution in [2.45, 2.75) is 13.0 Å². The molecule has 2 aliphatic heterocycles. The van der Waals surface area contributed by atoms with Gasteiger partial charge in [-0.25, -0.2) is 9.18 Å². The number of H-pyrrole nitrogens is 1. The monoisotopic (exact) mass is 524 g/mol. The second kappa shape index (κ2) is 10.00. The number of benzene rings is 2. The van der Waals surface area contributed by atoms with Gasteiger partial charge >= 0.3 is 6.09 Å². The number of nitro groups is 1. The van der Waals surface area contributed by atoms with Crippen LogP contribution >= 0.6 is 0 Å². The average molecular weight is 525 g/mol. The molecule has 5 rings (SSSR count). The molecule has 3 aromatic rings. The van der Waals surface area contributed by atoms with Gasteiger partial charge in [0.1, 0.15) is 11.9 Å². The van der Waals surface area contributed by atoms with Gasteiger partial charge in [0.05, 0.1) is 35.0 Å². The van der Waals surface area contributed by atoms with Crippen LogP contribution in [-0.2, 0) is 9.53 Å². The second-order valence-corrected chi connectivity index (χ2v) is 9.16. The van der Waals surface area contributed by atoms with Crippen LogP contribution in [0.25, 0.3) is 10.9 Å². The summed E-state index contributed by atoms with van der Waals surface area (Å²) < 4.78 is 20.3. The number of rotatable bonds is 6. The summed E-state index contributed by atoms with van der Waals surface area (Å²) in [4.78, 5) is 54.9. The minimum Gasteiger partial charge on any atom is -0.442 e. The van der Waals surface area contributed by atoms with E-state index in [1.807, 2.05) is 4.90 Å². The van der Waals surface area contributed by atoms with Crippen LogP contribution in [0.3, 0.4) is 0 Å². The van der Waals surface area contributed by atoms with E-state index in [1.54, 1.807) is 29.3 Å². The number of nitrogens with one attached hydrogen (secondary N) is 2. The predicted molar refractivity (Wildman–Crippen MR) is 136 cm³/mol. The number of aromatic nitrogens is 1. The molecule has 0 bridgehead atoms. The molecule has 0 aliphatic carbocycles. The van der Waals surface area contributed by atoms with Crippen molar-refractivity contribution in [3.8, 4) is 0 Å². The number of carbonyl (C=O) groups excluding carboxylic acids is 3. The molecule has 0 saturated carbocycles. The lowest BCUT2D eigenvalue weighted by Gasteiger charge is -2.36. The van der Waals surface area contributed by atoms with Crippen molar-refractivity contribution in [3.05, 3.63) is 64.1 Å². The number of non-ortho nitro benzene ring substituents is 1. The normalized spacial score (nSPS) is 17.6. The van der Waals surface area contributed by atoms with E-state index in [0.29, 0.717) is 54.0 Å². The number of cyclic esters (lactones) is 1. The Labute approximate surface area is 216 Å². The molecule has 2 N–H and O–H groups in total. The summed E-state index contributed by atoms with van der Waals surface area (Å²) in [5, 5.41) is 14.2. The number of piperazine rings is 1. The van der Waals surface area contributed by atoms with Gasteiger partial charge in [0.15, 0.2) is 0 Å². The minimum atomic E-state index is -0.609. The third kappa shape index (κ3) is 4.82. The van der Waals surface area contributed by atoms with E-state index in [1.165, 1.54) is 30.0 Å². The van der Waals surface area contributed by atoms with Gasteiger partial charge in [-0.3, -0.25) is 24.6 Å². The number of fused-ring (bicyclic) bond motifs is 1. The molecule has 12 nitrogen and oxygen atoms in total. The lowest BCUT2D eigenvalue weighted by atomic mass is 10.1. The highest BCUT2D eigenvalue weighted by Gasteiger charge is 2.33. The van der Waals surface area contributed by atoms with Gasteiger partial charge < -0.3 is 24.8 Å². The summed E-state index contributed by atoms with van der Waals surface area (Å²) in [5.74, 6) is -1.000. The molecule has 3 heterocycles. The molecule has 2 fully saturated rings. The van der Waals surface area contributed by atoms with Crippen LogP contribution in [0.4, 0.5) is 26.2 Å². The highest BCUT2D eigenvalue weighted by molar-refractivity contribution is 6.07. The lowest BCUT2D eigenvalue weighted by Crippen LogP contribution is -2.49. The first kappa shape index (κ1) is 25.0. The van der Waals surface area contributed by atoms with E-state index >= 15 is 4.39 Å². The van der Waals surface area contributed by atoms with Gasteiger partial charge in [-0.2, -0.15) is 0 Å². The van der Waals surface area contributed by atoms with Crippen LogP contribution < -0.4 is 15.1 Å². The SMILES string of the molecule is CC(=O)NC[C@H]1CN(c2ccc(N3CCN(C(=O)c4c[nH]c5ccc([N+](=O)[O-])cc45)CC3)c(F)c2)C(=O)O1. The Hall–Kier alpha value is -4.68. The zero-order valence-corrected chi connectivity index (χ0v) is 20.5. The van der Waals surface area contributed by atoms with Crippen LogP contribution in [-0.4, -0.2) is 78.1 Å². The largest absolute Gasteiger partial charge is 0.442 e. The molecule has 0 unspecified atom stereocenters. The van der Waals surface area contributed by atoms with Crippen molar-refractivity contribution < 1.29 is 28.4 Å². The Kier molecular flexibility index (Phi) is 6.57. The third-order valence-corrected chi connectivity index (χ3v) is 6.71. The molecule has 3 amide bonds. The number of hydrogen-bond donors (Lipinski definition) is 2. The Morgan fingerprint density at radius 1 is 1.18 bits per heavy atom. The smallest absolute Gasteiger partial charge is 0.414 e. The maximum atomic E-state index is 15.1. The summed E-state index contributed by atoms with van der Waals surface area (Å²) in [7, 11) is 0. The van der Waals surface area contributed by atoms with Gasteiger partial charge in [-0.15, -0.1) is 0 Å². The number of anilines is 2. The topological polar surface area (TPSA) is 141 Å². The van der Waals surface area contributed by atoms with Crippen molar-refractivity contribution in [2.24, 2.45) is 0 Å². The lowest BCUT2D eigenvalue weighted by molar-refractivity contribution is -0.384. The number of nitrogens with zero attached hydrogens (tertiary/aromatic N) is 4. The number of ether oxygens (including phenoxy) is 1. The van der Waals surface area contributed by atoms with E-state index in [4.69, 9.17) is 4.74 Å². The fourth-order valence-electron chi connectivity index (χ4n) is 4.74. The molecule has 2 aliphatic rings. The minimum absolute atomic E-state index is 0.0969. The quantitative estimate of drug-likeness (QED) is 0.373. The van der Waals surface area contributed by atoms with Crippen molar-refractivity contribution >= 4 is 45.9 Å². The number of halogens is 1. The first-order valence-electron chi connectivity index (χ1n) is 12.0. The summed E-state index contributed by atoms with van der Waals surface area (Å²) >= 11 is 0. The van der Waals surface area contributed by atoms with Crippen molar-refractivity contribution in [2.75, 3.05) is 49.1 Å². The number of nitro benzene ring substituents is 1. The molecule has 0 spiro atoms. The Morgan fingerprint density at radius 2 is 1.95 bits per heavy atom. The molecular formula is C25H25FN6O6. The molecular weight excluding hydrogens is 499 g/mol. The summed E-state index contributed by atoms with van der Waals surface area (Å²) in [6.45, 7) is 3.18. The Bertz CT molecular complexity index is 1430. The fourth-order valence-corrected chi connectivity index (χ4v) is 4.74. The van der Waals surface area contributed by atoms with E-state index in [-0.39, 0.29) is 30.6 Å². The number of amides is 3. The van der Waals surface area contributed by atoms with Crippen molar-refractivity contribution in [3.63, 3.8) is 0 Å². The van der Waals surface area contributed by atoms with Gasteiger partial charge in [-0.1, -0.05) is 0 Å². The van der Waals surface area contributed by atoms with Gasteiger partial charge in [-0.05, 0) is 24.3 Å². The molecule has 2 aromatic carbocycles. The van der Waals surface area contributed by atoms with Crippen LogP contribution in [0.2, 0.25) is 0 Å². The Morgan fingerprint density at radius 3 is 2.63 bits per heavy atom. The first-order chi connectivity index (χ1) is 18.2. The Balaban J connectivity index is 1.23. The standard InChI is InChI=1S/C25H25FN6O6/c1-15(33)27-12-18-14-31(25(35)38-18)16-3-5-23(21(26)11-16)29-6-8-30(9-7-29)24(34)20-13-28-22-4-2-17(32(36)37)10-19(20)22/h2-5,10-11,13,18,28H,6-9,12,14H2,1H3,(H,27,33)/t18-/m0/s1. The molecule has 38 heavy (non-hydrogen) atoms. The van der Waals surface area contributed by atoms with E-state index in [2.05, 4.69) is 10.3 Å². The zero-order valence-electron chi connectivity index (χ0n) is 20.5. The highest BCUT2D eigenvalue weighted by atomic mass is 19.1.